The second-order valence-corrected chi connectivity index (χ2v) is 5.33. The van der Waals surface area contributed by atoms with Gasteiger partial charge in [-0.05, 0) is 17.5 Å². The van der Waals surface area contributed by atoms with Gasteiger partial charge in [-0.2, -0.15) is 0 Å². The Morgan fingerprint density at radius 1 is 1.55 bits per heavy atom. The van der Waals surface area contributed by atoms with E-state index in [2.05, 4.69) is 5.16 Å². The quantitative estimate of drug-likeness (QED) is 0.893. The SMILES string of the molecule is COc1cc(C(=O)N2CCC(C(=O)O)(C(C)C)C2)on1. The van der Waals surface area contributed by atoms with Crippen LogP contribution in [0.3, 0.4) is 0 Å². The number of carboxylic acids is 1. The molecule has 1 unspecified atom stereocenters. The van der Waals surface area contributed by atoms with Crippen LogP contribution in [-0.4, -0.2) is 47.2 Å². The van der Waals surface area contributed by atoms with Crippen LogP contribution in [0.2, 0.25) is 0 Å². The highest BCUT2D eigenvalue weighted by Gasteiger charge is 2.49. The summed E-state index contributed by atoms with van der Waals surface area (Å²) in [6.07, 6.45) is 0.441. The number of ether oxygens (including phenoxy) is 1. The Balaban J connectivity index is 2.16. The van der Waals surface area contributed by atoms with E-state index in [1.54, 1.807) is 0 Å². The molecule has 1 atom stereocenters. The molecule has 1 aromatic rings. The Morgan fingerprint density at radius 2 is 2.25 bits per heavy atom. The molecule has 1 aromatic heterocycles. The number of nitrogens with zero attached hydrogens (tertiary/aromatic N) is 2. The van der Waals surface area contributed by atoms with Crippen molar-refractivity contribution in [2.24, 2.45) is 11.3 Å². The average Bonchev–Trinajstić information content (AvgIpc) is 3.05. The second-order valence-electron chi connectivity index (χ2n) is 5.33. The van der Waals surface area contributed by atoms with Gasteiger partial charge in [0.15, 0.2) is 0 Å². The van der Waals surface area contributed by atoms with Crippen molar-refractivity contribution in [3.05, 3.63) is 11.8 Å². The topological polar surface area (TPSA) is 92.9 Å². The van der Waals surface area contributed by atoms with Gasteiger partial charge in [0, 0.05) is 13.1 Å². The molecule has 0 aromatic carbocycles. The lowest BCUT2D eigenvalue weighted by molar-refractivity contribution is -0.150. The molecule has 2 heterocycles. The molecule has 0 aliphatic carbocycles. The summed E-state index contributed by atoms with van der Waals surface area (Å²) in [5, 5.41) is 13.0. The van der Waals surface area contributed by atoms with Gasteiger partial charge in [0.1, 0.15) is 0 Å². The predicted molar refractivity (Wildman–Crippen MR) is 68.5 cm³/mol. The van der Waals surface area contributed by atoms with Crippen molar-refractivity contribution in [3.63, 3.8) is 0 Å². The molecule has 1 N–H and O–H groups in total. The van der Waals surface area contributed by atoms with Crippen molar-refractivity contribution < 1.29 is 24.0 Å². The number of amides is 1. The van der Waals surface area contributed by atoms with Crippen LogP contribution in [0.25, 0.3) is 0 Å². The molecule has 20 heavy (non-hydrogen) atoms. The minimum Gasteiger partial charge on any atom is -0.481 e. The van der Waals surface area contributed by atoms with E-state index in [1.165, 1.54) is 18.1 Å². The molecule has 1 saturated heterocycles. The molecular weight excluding hydrogens is 264 g/mol. The molecule has 1 aliphatic rings. The van der Waals surface area contributed by atoms with Crippen molar-refractivity contribution >= 4 is 11.9 Å². The Kier molecular flexibility index (Phi) is 3.69. The van der Waals surface area contributed by atoms with Crippen LogP contribution in [0.5, 0.6) is 5.88 Å². The molecule has 0 radical (unpaired) electrons. The molecule has 0 spiro atoms. The Labute approximate surface area is 116 Å². The van der Waals surface area contributed by atoms with Crippen LogP contribution in [-0.2, 0) is 4.79 Å². The summed E-state index contributed by atoms with van der Waals surface area (Å²) in [6, 6.07) is 1.40. The van der Waals surface area contributed by atoms with Gasteiger partial charge in [-0.15, -0.1) is 0 Å². The third kappa shape index (κ3) is 2.23. The van der Waals surface area contributed by atoms with Crippen molar-refractivity contribution in [3.8, 4) is 5.88 Å². The maximum atomic E-state index is 12.3. The zero-order chi connectivity index (χ0) is 14.9. The molecule has 2 rings (SSSR count). The zero-order valence-corrected chi connectivity index (χ0v) is 11.8. The normalized spacial score (nSPS) is 22.3. The van der Waals surface area contributed by atoms with Gasteiger partial charge < -0.3 is 19.3 Å². The van der Waals surface area contributed by atoms with Gasteiger partial charge >= 0.3 is 5.97 Å². The number of carbonyl (C=O) groups excluding carboxylic acids is 1. The number of carbonyl (C=O) groups is 2. The number of aromatic nitrogens is 1. The Morgan fingerprint density at radius 3 is 2.70 bits per heavy atom. The fraction of sp³-hybridized carbons (Fsp3) is 0.615. The minimum atomic E-state index is -0.889. The monoisotopic (exact) mass is 282 g/mol. The summed E-state index contributed by atoms with van der Waals surface area (Å²) < 4.78 is 9.76. The van der Waals surface area contributed by atoms with Crippen LogP contribution >= 0.6 is 0 Å². The molecule has 1 amide bonds. The lowest BCUT2D eigenvalue weighted by Gasteiger charge is -2.28. The summed E-state index contributed by atoms with van der Waals surface area (Å²) in [7, 11) is 1.43. The van der Waals surface area contributed by atoms with Gasteiger partial charge in [-0.25, -0.2) is 0 Å². The van der Waals surface area contributed by atoms with Crippen molar-refractivity contribution in [2.75, 3.05) is 20.2 Å². The van der Waals surface area contributed by atoms with Crippen molar-refractivity contribution in [1.82, 2.24) is 10.1 Å². The first kappa shape index (κ1) is 14.4. The summed E-state index contributed by atoms with van der Waals surface area (Å²) in [5.41, 5.74) is -0.889. The molecule has 7 nitrogen and oxygen atoms in total. The minimum absolute atomic E-state index is 0.0536. The van der Waals surface area contributed by atoms with E-state index >= 15 is 0 Å². The van der Waals surface area contributed by atoms with Gasteiger partial charge in [0.2, 0.25) is 5.76 Å². The smallest absolute Gasteiger partial charge is 0.311 e. The van der Waals surface area contributed by atoms with Crippen LogP contribution < -0.4 is 4.74 Å². The highest BCUT2D eigenvalue weighted by Crippen LogP contribution is 2.38. The van der Waals surface area contributed by atoms with Crippen molar-refractivity contribution in [1.29, 1.82) is 0 Å². The zero-order valence-electron chi connectivity index (χ0n) is 11.8. The number of likely N-dealkylation sites (tertiary alicyclic amines) is 1. The van der Waals surface area contributed by atoms with Gasteiger partial charge in [-0.3, -0.25) is 9.59 Å². The number of aliphatic carboxylic acids is 1. The molecule has 7 heteroatoms. The van der Waals surface area contributed by atoms with Gasteiger partial charge in [0.25, 0.3) is 11.8 Å². The average molecular weight is 282 g/mol. The third-order valence-electron chi connectivity index (χ3n) is 4.03. The van der Waals surface area contributed by atoms with E-state index in [-0.39, 0.29) is 30.0 Å². The standard InChI is InChI=1S/C13H18N2O5/c1-8(2)13(12(17)18)4-5-15(7-13)11(16)9-6-10(19-3)14-20-9/h6,8H,4-5,7H2,1-3H3,(H,17,18). The predicted octanol–water partition coefficient (Wildman–Crippen LogP) is 1.26. The Bertz CT molecular complexity index is 525. The van der Waals surface area contributed by atoms with Crippen LogP contribution in [0.1, 0.15) is 30.8 Å². The van der Waals surface area contributed by atoms with Crippen molar-refractivity contribution in [2.45, 2.75) is 20.3 Å². The number of carboxylic acid groups (broad SMARTS) is 1. The van der Waals surface area contributed by atoms with E-state index in [1.807, 2.05) is 13.8 Å². The highest BCUT2D eigenvalue weighted by atomic mass is 16.5. The molecule has 0 bridgehead atoms. The molecule has 0 saturated carbocycles. The summed E-state index contributed by atoms with van der Waals surface area (Å²) in [5.74, 6) is -0.989. The lowest BCUT2D eigenvalue weighted by Crippen LogP contribution is -2.40. The first-order valence-corrected chi connectivity index (χ1v) is 6.44. The second kappa shape index (κ2) is 5.15. The van der Waals surface area contributed by atoms with Crippen LogP contribution in [0.4, 0.5) is 0 Å². The maximum absolute atomic E-state index is 12.3. The van der Waals surface area contributed by atoms with Gasteiger partial charge in [-0.1, -0.05) is 13.8 Å². The van der Waals surface area contributed by atoms with Crippen LogP contribution in [0, 0.1) is 11.3 Å². The fourth-order valence-electron chi connectivity index (χ4n) is 2.51. The van der Waals surface area contributed by atoms with E-state index in [0.717, 1.165) is 0 Å². The van der Waals surface area contributed by atoms with E-state index in [9.17, 15) is 14.7 Å². The lowest BCUT2D eigenvalue weighted by atomic mass is 9.76. The largest absolute Gasteiger partial charge is 0.481 e. The fourth-order valence-corrected chi connectivity index (χ4v) is 2.51. The third-order valence-corrected chi connectivity index (χ3v) is 4.03. The molecule has 1 aliphatic heterocycles. The first-order chi connectivity index (χ1) is 9.40. The molecule has 1 fully saturated rings. The molecular formula is C13H18N2O5. The number of hydrogen-bond donors (Lipinski definition) is 1. The summed E-state index contributed by atoms with van der Waals surface area (Å²) >= 11 is 0. The number of rotatable bonds is 4. The van der Waals surface area contributed by atoms with E-state index in [0.29, 0.717) is 13.0 Å². The van der Waals surface area contributed by atoms with Gasteiger partial charge in [0.05, 0.1) is 18.6 Å². The number of methoxy groups -OCH3 is 1. The first-order valence-electron chi connectivity index (χ1n) is 6.44. The van der Waals surface area contributed by atoms with E-state index in [4.69, 9.17) is 9.26 Å². The number of hydrogen-bond acceptors (Lipinski definition) is 5. The van der Waals surface area contributed by atoms with E-state index < -0.39 is 11.4 Å². The highest BCUT2D eigenvalue weighted by molar-refractivity contribution is 5.92. The molecule has 110 valence electrons. The Hall–Kier alpha value is -2.05. The maximum Gasteiger partial charge on any atom is 0.311 e. The van der Waals surface area contributed by atoms with Crippen LogP contribution in [0.15, 0.2) is 10.6 Å². The summed E-state index contributed by atoms with van der Waals surface area (Å²) in [6.45, 7) is 4.30. The summed E-state index contributed by atoms with van der Waals surface area (Å²) in [4.78, 5) is 25.3.